The molecule has 2 aromatic heterocycles. The van der Waals surface area contributed by atoms with Gasteiger partial charge in [0.05, 0.1) is 11.7 Å². The van der Waals surface area contributed by atoms with Crippen LogP contribution in [0.15, 0.2) is 27.1 Å². The summed E-state index contributed by atoms with van der Waals surface area (Å²) in [7, 11) is 0. The molecule has 0 aliphatic carbocycles. The minimum Gasteiger partial charge on any atom is -0.423 e. The number of nitrogens with two attached hydrogens (primary N) is 1. The van der Waals surface area contributed by atoms with E-state index in [1.165, 1.54) is 0 Å². The molecule has 3 N–H and O–H groups in total. The first kappa shape index (κ1) is 12.5. The van der Waals surface area contributed by atoms with E-state index in [4.69, 9.17) is 14.7 Å². The molecule has 0 fully saturated rings. The van der Waals surface area contributed by atoms with Crippen LogP contribution in [0.4, 0.5) is 11.7 Å². The monoisotopic (exact) mass is 272 g/mol. The van der Waals surface area contributed by atoms with Crippen molar-refractivity contribution in [1.29, 1.82) is 0 Å². The fourth-order valence-electron chi connectivity index (χ4n) is 2.37. The summed E-state index contributed by atoms with van der Waals surface area (Å²) in [6.45, 7) is 5.81. The molecule has 2 heterocycles. The van der Waals surface area contributed by atoms with Crippen LogP contribution in [0.1, 0.15) is 30.0 Å². The van der Waals surface area contributed by atoms with E-state index in [1.807, 2.05) is 26.8 Å². The number of nitrogen functional groups attached to an aromatic ring is 1. The average Bonchev–Trinajstić information content (AvgIpc) is 2.92. The van der Waals surface area contributed by atoms with Gasteiger partial charge in [0.25, 0.3) is 6.01 Å². The highest BCUT2D eigenvalue weighted by atomic mass is 16.5. The summed E-state index contributed by atoms with van der Waals surface area (Å²) >= 11 is 0. The van der Waals surface area contributed by atoms with Crippen LogP contribution in [0.25, 0.3) is 11.1 Å². The molecule has 104 valence electrons. The maximum Gasteiger partial charge on any atom is 0.296 e. The van der Waals surface area contributed by atoms with Gasteiger partial charge in [0.15, 0.2) is 5.58 Å². The van der Waals surface area contributed by atoms with Crippen molar-refractivity contribution in [2.24, 2.45) is 0 Å². The third-order valence-corrected chi connectivity index (χ3v) is 3.27. The van der Waals surface area contributed by atoms with Crippen LogP contribution in [0.3, 0.4) is 0 Å². The number of aromatic nitrogens is 2. The Morgan fingerprint density at radius 2 is 2.10 bits per heavy atom. The number of fused-ring (bicyclic) bond motifs is 1. The van der Waals surface area contributed by atoms with E-state index in [-0.39, 0.29) is 6.04 Å². The topological polar surface area (TPSA) is 90.1 Å². The first-order valence-corrected chi connectivity index (χ1v) is 6.40. The molecule has 0 saturated heterocycles. The smallest absolute Gasteiger partial charge is 0.296 e. The third kappa shape index (κ3) is 2.09. The number of oxazole rings is 1. The van der Waals surface area contributed by atoms with Gasteiger partial charge in [-0.05, 0) is 32.9 Å². The zero-order chi connectivity index (χ0) is 14.3. The Balaban J connectivity index is 1.89. The van der Waals surface area contributed by atoms with Gasteiger partial charge in [0.1, 0.15) is 11.3 Å². The summed E-state index contributed by atoms with van der Waals surface area (Å²) in [5, 5.41) is 7.17. The van der Waals surface area contributed by atoms with Crippen LogP contribution in [-0.4, -0.2) is 10.1 Å². The van der Waals surface area contributed by atoms with E-state index in [1.54, 1.807) is 12.1 Å². The Kier molecular flexibility index (Phi) is 2.85. The van der Waals surface area contributed by atoms with Crippen molar-refractivity contribution in [2.45, 2.75) is 26.8 Å². The van der Waals surface area contributed by atoms with E-state index < -0.39 is 0 Å². The van der Waals surface area contributed by atoms with Gasteiger partial charge in [-0.3, -0.25) is 0 Å². The molecule has 0 aliphatic rings. The Morgan fingerprint density at radius 1 is 1.30 bits per heavy atom. The van der Waals surface area contributed by atoms with Crippen molar-refractivity contribution in [3.05, 3.63) is 35.2 Å². The lowest BCUT2D eigenvalue weighted by Gasteiger charge is -2.11. The predicted molar refractivity (Wildman–Crippen MR) is 76.4 cm³/mol. The molecule has 1 unspecified atom stereocenters. The second-order valence-electron chi connectivity index (χ2n) is 4.85. The molecule has 0 amide bonds. The molecule has 0 spiro atoms. The molecule has 1 aromatic carbocycles. The minimum atomic E-state index is -0.00772. The summed E-state index contributed by atoms with van der Waals surface area (Å²) in [4.78, 5) is 4.38. The number of anilines is 2. The number of hydrogen-bond donors (Lipinski definition) is 2. The van der Waals surface area contributed by atoms with E-state index in [0.29, 0.717) is 17.3 Å². The highest BCUT2D eigenvalue weighted by Crippen LogP contribution is 2.27. The van der Waals surface area contributed by atoms with Gasteiger partial charge in [-0.2, -0.15) is 4.98 Å². The van der Waals surface area contributed by atoms with Gasteiger partial charge in [0.2, 0.25) is 0 Å². The molecule has 0 aliphatic heterocycles. The second-order valence-corrected chi connectivity index (χ2v) is 4.85. The SMILES string of the molecule is Cc1noc(C)c1C(C)Nc1nc2ccc(N)cc2o1. The molecule has 1 atom stereocenters. The van der Waals surface area contributed by atoms with Crippen molar-refractivity contribution < 1.29 is 8.94 Å². The lowest BCUT2D eigenvalue weighted by Crippen LogP contribution is -2.08. The van der Waals surface area contributed by atoms with Gasteiger partial charge in [-0.25, -0.2) is 0 Å². The molecule has 3 aromatic rings. The summed E-state index contributed by atoms with van der Waals surface area (Å²) in [5.74, 6) is 0.794. The van der Waals surface area contributed by atoms with Crippen molar-refractivity contribution >= 4 is 22.8 Å². The summed E-state index contributed by atoms with van der Waals surface area (Å²) < 4.78 is 10.8. The second kappa shape index (κ2) is 4.56. The maximum atomic E-state index is 5.72. The lowest BCUT2D eigenvalue weighted by molar-refractivity contribution is 0.392. The molecule has 0 radical (unpaired) electrons. The van der Waals surface area contributed by atoms with Crippen LogP contribution in [0, 0.1) is 13.8 Å². The number of hydrogen-bond acceptors (Lipinski definition) is 6. The van der Waals surface area contributed by atoms with Crippen LogP contribution in [0.5, 0.6) is 0 Å². The Labute approximate surface area is 115 Å². The maximum absolute atomic E-state index is 5.72. The van der Waals surface area contributed by atoms with Gasteiger partial charge in [0, 0.05) is 17.3 Å². The molecular formula is C14H16N4O2. The summed E-state index contributed by atoms with van der Waals surface area (Å²) in [6.07, 6.45) is 0. The van der Waals surface area contributed by atoms with Crippen LogP contribution < -0.4 is 11.1 Å². The van der Waals surface area contributed by atoms with E-state index in [2.05, 4.69) is 15.5 Å². The highest BCUT2D eigenvalue weighted by molar-refractivity contribution is 5.78. The van der Waals surface area contributed by atoms with E-state index in [9.17, 15) is 0 Å². The number of nitrogens with one attached hydrogen (secondary N) is 1. The van der Waals surface area contributed by atoms with Crippen LogP contribution in [0.2, 0.25) is 0 Å². The standard InChI is InChI=1S/C14H16N4O2/c1-7(13-8(2)18-20-9(13)3)16-14-17-11-5-4-10(15)6-12(11)19-14/h4-7H,15H2,1-3H3,(H,16,17). The zero-order valence-corrected chi connectivity index (χ0v) is 11.6. The van der Waals surface area contributed by atoms with Gasteiger partial charge < -0.3 is 20.0 Å². The zero-order valence-electron chi connectivity index (χ0n) is 11.6. The Bertz CT molecular complexity index is 740. The summed E-state index contributed by atoms with van der Waals surface area (Å²) in [5.41, 5.74) is 9.69. The third-order valence-electron chi connectivity index (χ3n) is 3.27. The average molecular weight is 272 g/mol. The number of aryl methyl sites for hydroxylation is 2. The van der Waals surface area contributed by atoms with E-state index in [0.717, 1.165) is 22.5 Å². The minimum absolute atomic E-state index is 0.00772. The molecule has 0 bridgehead atoms. The molecule has 0 saturated carbocycles. The number of rotatable bonds is 3. The molecular weight excluding hydrogens is 256 g/mol. The normalized spacial score (nSPS) is 12.8. The van der Waals surface area contributed by atoms with Crippen molar-refractivity contribution in [3.63, 3.8) is 0 Å². The fourth-order valence-corrected chi connectivity index (χ4v) is 2.37. The first-order valence-electron chi connectivity index (χ1n) is 6.40. The first-order chi connectivity index (χ1) is 9.54. The van der Waals surface area contributed by atoms with Gasteiger partial charge in [-0.15, -0.1) is 0 Å². The molecule has 6 nitrogen and oxygen atoms in total. The molecule has 20 heavy (non-hydrogen) atoms. The van der Waals surface area contributed by atoms with Gasteiger partial charge >= 0.3 is 0 Å². The van der Waals surface area contributed by atoms with E-state index >= 15 is 0 Å². The predicted octanol–water partition coefficient (Wildman–Crippen LogP) is 3.19. The molecule has 3 rings (SSSR count). The fraction of sp³-hybridized carbons (Fsp3) is 0.286. The summed E-state index contributed by atoms with van der Waals surface area (Å²) in [6, 6.07) is 5.84. The quantitative estimate of drug-likeness (QED) is 0.712. The Hall–Kier alpha value is -2.50. The highest BCUT2D eigenvalue weighted by Gasteiger charge is 2.18. The Morgan fingerprint density at radius 3 is 2.80 bits per heavy atom. The van der Waals surface area contributed by atoms with Crippen LogP contribution in [-0.2, 0) is 0 Å². The molecule has 6 heteroatoms. The van der Waals surface area contributed by atoms with Gasteiger partial charge in [-0.1, -0.05) is 5.16 Å². The largest absolute Gasteiger partial charge is 0.423 e. The van der Waals surface area contributed by atoms with Crippen LogP contribution >= 0.6 is 0 Å². The number of nitrogens with zero attached hydrogens (tertiary/aromatic N) is 2. The van der Waals surface area contributed by atoms with Crippen molar-refractivity contribution in [3.8, 4) is 0 Å². The van der Waals surface area contributed by atoms with Crippen molar-refractivity contribution in [2.75, 3.05) is 11.1 Å². The number of benzene rings is 1. The lowest BCUT2D eigenvalue weighted by atomic mass is 10.1. The van der Waals surface area contributed by atoms with Crippen molar-refractivity contribution in [1.82, 2.24) is 10.1 Å².